The lowest BCUT2D eigenvalue weighted by Gasteiger charge is -2.04. The molecule has 0 spiro atoms. The van der Waals surface area contributed by atoms with Crippen LogP contribution in [-0.4, -0.2) is 15.0 Å². The normalized spacial score (nSPS) is 10.1. The first-order chi connectivity index (χ1) is 7.78. The summed E-state index contributed by atoms with van der Waals surface area (Å²) in [6.07, 6.45) is -0.187. The molecule has 4 nitrogen and oxygen atoms in total. The van der Waals surface area contributed by atoms with Crippen LogP contribution in [0.1, 0.15) is 12.7 Å². The third-order valence-corrected chi connectivity index (χ3v) is 2.00. The van der Waals surface area contributed by atoms with Crippen LogP contribution in [0.25, 0.3) is 0 Å². The van der Waals surface area contributed by atoms with Gasteiger partial charge in [-0.15, -0.1) is 0 Å². The van der Waals surface area contributed by atoms with E-state index in [0.717, 1.165) is 5.69 Å². The van der Waals surface area contributed by atoms with Gasteiger partial charge in [-0.1, -0.05) is 25.1 Å². The van der Waals surface area contributed by atoms with Gasteiger partial charge < -0.3 is 5.32 Å². The molecule has 0 saturated carbocycles. The Hall–Kier alpha value is -2.04. The van der Waals surface area contributed by atoms with Crippen LogP contribution in [-0.2, 0) is 6.42 Å². The second kappa shape index (κ2) is 4.65. The molecule has 2 rings (SSSR count). The van der Waals surface area contributed by atoms with E-state index in [1.165, 1.54) is 0 Å². The van der Waals surface area contributed by atoms with Crippen LogP contribution in [0.4, 0.5) is 16.0 Å². The second-order valence-corrected chi connectivity index (χ2v) is 3.19. The highest BCUT2D eigenvalue weighted by Crippen LogP contribution is 2.11. The first kappa shape index (κ1) is 10.5. The smallest absolute Gasteiger partial charge is 0.313 e. The molecule has 1 heterocycles. The van der Waals surface area contributed by atoms with Crippen LogP contribution in [0.3, 0.4) is 0 Å². The molecule has 82 valence electrons. The number of aromatic nitrogens is 3. The van der Waals surface area contributed by atoms with Gasteiger partial charge in [0.2, 0.25) is 5.95 Å². The molecular formula is C11H11FN4. The number of hydrogen-bond acceptors (Lipinski definition) is 4. The van der Waals surface area contributed by atoms with E-state index in [-0.39, 0.29) is 5.95 Å². The van der Waals surface area contributed by atoms with Crippen LogP contribution in [0.5, 0.6) is 0 Å². The van der Waals surface area contributed by atoms with Gasteiger partial charge in [-0.3, -0.25) is 0 Å². The average molecular weight is 218 g/mol. The molecule has 5 heteroatoms. The van der Waals surface area contributed by atoms with E-state index in [2.05, 4.69) is 20.3 Å². The van der Waals surface area contributed by atoms with Gasteiger partial charge in [0.1, 0.15) is 5.82 Å². The summed E-state index contributed by atoms with van der Waals surface area (Å²) in [5, 5.41) is 2.92. The molecule has 0 unspecified atom stereocenters. The summed E-state index contributed by atoms with van der Waals surface area (Å²) in [5.41, 5.74) is 0.815. The molecule has 0 bridgehead atoms. The van der Waals surface area contributed by atoms with Crippen molar-refractivity contribution >= 4 is 11.6 Å². The molecular weight excluding hydrogens is 207 g/mol. The predicted octanol–water partition coefficient (Wildman–Crippen LogP) is 2.32. The van der Waals surface area contributed by atoms with E-state index >= 15 is 0 Å². The summed E-state index contributed by atoms with van der Waals surface area (Å²) >= 11 is 0. The Balaban J connectivity index is 2.24. The van der Waals surface area contributed by atoms with E-state index in [9.17, 15) is 4.39 Å². The van der Waals surface area contributed by atoms with Gasteiger partial charge >= 0.3 is 6.08 Å². The molecule has 2 aromatic rings. The van der Waals surface area contributed by atoms with Gasteiger partial charge in [0.05, 0.1) is 0 Å². The molecule has 0 aliphatic carbocycles. The van der Waals surface area contributed by atoms with Gasteiger partial charge in [0.25, 0.3) is 0 Å². The van der Waals surface area contributed by atoms with E-state index in [0.29, 0.717) is 12.2 Å². The van der Waals surface area contributed by atoms with Gasteiger partial charge in [0.15, 0.2) is 0 Å². The van der Waals surface area contributed by atoms with Crippen LogP contribution in [0.15, 0.2) is 30.3 Å². The molecule has 0 amide bonds. The zero-order valence-corrected chi connectivity index (χ0v) is 8.81. The Labute approximate surface area is 92.6 Å². The number of nitrogens with zero attached hydrogens (tertiary/aromatic N) is 3. The van der Waals surface area contributed by atoms with Crippen molar-refractivity contribution in [3.63, 3.8) is 0 Å². The SMILES string of the molecule is CCc1nc(F)nc(Nc2ccccc2)n1. The van der Waals surface area contributed by atoms with E-state index in [1.807, 2.05) is 37.3 Å². The largest absolute Gasteiger partial charge is 0.324 e. The summed E-state index contributed by atoms with van der Waals surface area (Å²) < 4.78 is 13.0. The van der Waals surface area contributed by atoms with Crippen molar-refractivity contribution in [2.24, 2.45) is 0 Å². The summed E-state index contributed by atoms with van der Waals surface area (Å²) in [6, 6.07) is 9.36. The molecule has 0 radical (unpaired) electrons. The van der Waals surface area contributed by atoms with Crippen molar-refractivity contribution in [3.05, 3.63) is 42.2 Å². The Morgan fingerprint density at radius 2 is 1.88 bits per heavy atom. The van der Waals surface area contributed by atoms with Crippen LogP contribution in [0, 0.1) is 6.08 Å². The maximum absolute atomic E-state index is 13.0. The Morgan fingerprint density at radius 3 is 2.56 bits per heavy atom. The molecule has 1 aromatic heterocycles. The minimum atomic E-state index is -0.759. The average Bonchev–Trinajstić information content (AvgIpc) is 2.29. The number of hydrogen-bond donors (Lipinski definition) is 1. The molecule has 16 heavy (non-hydrogen) atoms. The zero-order valence-electron chi connectivity index (χ0n) is 8.81. The minimum Gasteiger partial charge on any atom is -0.324 e. The van der Waals surface area contributed by atoms with Crippen molar-refractivity contribution in [1.29, 1.82) is 0 Å². The summed E-state index contributed by atoms with van der Waals surface area (Å²) in [5.74, 6) is 0.668. The van der Waals surface area contributed by atoms with E-state index in [1.54, 1.807) is 0 Å². The molecule has 0 aliphatic heterocycles. The van der Waals surface area contributed by atoms with Gasteiger partial charge in [-0.25, -0.2) is 0 Å². The maximum atomic E-state index is 13.0. The fourth-order valence-corrected chi connectivity index (χ4v) is 1.26. The highest BCUT2D eigenvalue weighted by molar-refractivity contribution is 5.52. The van der Waals surface area contributed by atoms with Crippen LogP contribution >= 0.6 is 0 Å². The van der Waals surface area contributed by atoms with Crippen molar-refractivity contribution in [2.45, 2.75) is 13.3 Å². The van der Waals surface area contributed by atoms with Gasteiger partial charge in [0, 0.05) is 12.1 Å². The summed E-state index contributed by atoms with van der Waals surface area (Å²) in [6.45, 7) is 1.86. The summed E-state index contributed by atoms with van der Waals surface area (Å²) in [7, 11) is 0. The van der Waals surface area contributed by atoms with Crippen molar-refractivity contribution in [2.75, 3.05) is 5.32 Å². The predicted molar refractivity (Wildman–Crippen MR) is 58.9 cm³/mol. The Kier molecular flexibility index (Phi) is 3.05. The minimum absolute atomic E-state index is 0.232. The lowest BCUT2D eigenvalue weighted by molar-refractivity contribution is 0.526. The molecule has 1 N–H and O–H groups in total. The quantitative estimate of drug-likeness (QED) is 0.858. The first-order valence-electron chi connectivity index (χ1n) is 5.00. The number of aryl methyl sites for hydroxylation is 1. The molecule has 0 fully saturated rings. The fourth-order valence-electron chi connectivity index (χ4n) is 1.26. The number of nitrogens with one attached hydrogen (secondary N) is 1. The van der Waals surface area contributed by atoms with Crippen molar-refractivity contribution in [1.82, 2.24) is 15.0 Å². The topological polar surface area (TPSA) is 50.7 Å². The molecule has 0 aliphatic rings. The monoisotopic (exact) mass is 218 g/mol. The van der Waals surface area contributed by atoms with E-state index in [4.69, 9.17) is 0 Å². The number of anilines is 2. The maximum Gasteiger partial charge on any atom is 0.313 e. The molecule has 0 saturated heterocycles. The second-order valence-electron chi connectivity index (χ2n) is 3.19. The Morgan fingerprint density at radius 1 is 1.12 bits per heavy atom. The zero-order chi connectivity index (χ0) is 11.4. The lowest BCUT2D eigenvalue weighted by atomic mass is 10.3. The Bertz CT molecular complexity index is 473. The number of benzene rings is 1. The summed E-state index contributed by atoms with van der Waals surface area (Å²) in [4.78, 5) is 11.2. The van der Waals surface area contributed by atoms with Gasteiger partial charge in [-0.2, -0.15) is 19.3 Å². The highest BCUT2D eigenvalue weighted by Gasteiger charge is 2.04. The number of para-hydroxylation sites is 1. The van der Waals surface area contributed by atoms with Crippen molar-refractivity contribution in [3.8, 4) is 0 Å². The highest BCUT2D eigenvalue weighted by atomic mass is 19.1. The third-order valence-electron chi connectivity index (χ3n) is 2.00. The van der Waals surface area contributed by atoms with Crippen LogP contribution < -0.4 is 5.32 Å². The first-order valence-corrected chi connectivity index (χ1v) is 5.00. The number of rotatable bonds is 3. The third kappa shape index (κ3) is 2.50. The van der Waals surface area contributed by atoms with Crippen molar-refractivity contribution < 1.29 is 4.39 Å². The molecule has 1 aromatic carbocycles. The van der Waals surface area contributed by atoms with E-state index < -0.39 is 6.08 Å². The standard InChI is InChI=1S/C11H11FN4/c1-2-9-14-10(12)16-11(15-9)13-8-6-4-3-5-7-8/h3-7H,2H2,1H3,(H,13,14,15,16). The lowest BCUT2D eigenvalue weighted by Crippen LogP contribution is -2.05. The number of halogens is 1. The molecule has 0 atom stereocenters. The van der Waals surface area contributed by atoms with Crippen LogP contribution in [0.2, 0.25) is 0 Å². The van der Waals surface area contributed by atoms with Gasteiger partial charge in [-0.05, 0) is 12.1 Å². The fraction of sp³-hybridized carbons (Fsp3) is 0.182.